The maximum Gasteiger partial charge on any atom is 0.394 e. The van der Waals surface area contributed by atoms with Gasteiger partial charge < -0.3 is 4.79 Å². The van der Waals surface area contributed by atoms with Gasteiger partial charge in [0.1, 0.15) is 6.29 Å². The molecule has 0 aromatic rings. The van der Waals surface area contributed by atoms with Gasteiger partial charge in [0.2, 0.25) is 10.0 Å². The average Bonchev–Trinajstić information content (AvgIpc) is 2.64. The number of sulfonamides is 1. The zero-order chi connectivity index (χ0) is 22.4. The normalized spacial score (nSPS) is 21.8. The topological polar surface area (TPSA) is 63.2 Å². The number of alkyl halides is 3. The molecule has 0 aliphatic heterocycles. The molecule has 0 heterocycles. The maximum absolute atomic E-state index is 12.5. The molecule has 28 heavy (non-hydrogen) atoms. The summed E-state index contributed by atoms with van der Waals surface area (Å²) < 4.78 is 64.5. The minimum Gasteiger partial charge on any atom is -0.303 e. The van der Waals surface area contributed by atoms with Gasteiger partial charge in [0.05, 0.1) is 10.8 Å². The van der Waals surface area contributed by atoms with Gasteiger partial charge in [-0.3, -0.25) is 0 Å². The average molecular weight is 428 g/mol. The lowest BCUT2D eigenvalue weighted by molar-refractivity contribution is -0.156. The van der Waals surface area contributed by atoms with Gasteiger partial charge >= 0.3 is 6.18 Å². The molecule has 0 aromatic carbocycles. The van der Waals surface area contributed by atoms with Gasteiger partial charge in [-0.25, -0.2) is 13.1 Å². The lowest BCUT2D eigenvalue weighted by atomic mass is 9.88. The van der Waals surface area contributed by atoms with Crippen molar-refractivity contribution < 1.29 is 26.4 Å². The second kappa shape index (κ2) is 14.8. The van der Waals surface area contributed by atoms with Crippen molar-refractivity contribution in [3.05, 3.63) is 23.1 Å². The number of allylic oxidation sites excluding steroid dienone is 3. The molecule has 0 amide bonds. The van der Waals surface area contributed by atoms with Crippen molar-refractivity contribution in [2.45, 2.75) is 85.9 Å². The highest BCUT2D eigenvalue weighted by molar-refractivity contribution is 7.93. The van der Waals surface area contributed by atoms with Gasteiger partial charge in [0.25, 0.3) is 0 Å². The molecule has 0 saturated heterocycles. The summed E-state index contributed by atoms with van der Waals surface area (Å²) in [6.07, 6.45) is 3.81. The smallest absolute Gasteiger partial charge is 0.303 e. The van der Waals surface area contributed by atoms with E-state index in [1.165, 1.54) is 13.0 Å². The van der Waals surface area contributed by atoms with Crippen LogP contribution in [0.2, 0.25) is 0 Å². The van der Waals surface area contributed by atoms with Gasteiger partial charge in [-0.1, -0.05) is 46.8 Å². The Morgan fingerprint density at radius 1 is 1.18 bits per heavy atom. The van der Waals surface area contributed by atoms with Gasteiger partial charge in [-0.2, -0.15) is 13.2 Å². The summed E-state index contributed by atoms with van der Waals surface area (Å²) in [5, 5.41) is 0. The van der Waals surface area contributed by atoms with E-state index in [1.54, 1.807) is 0 Å². The van der Waals surface area contributed by atoms with Crippen LogP contribution in [0.1, 0.15) is 73.6 Å². The van der Waals surface area contributed by atoms with Gasteiger partial charge in [-0.05, 0) is 44.6 Å². The zero-order valence-electron chi connectivity index (χ0n) is 17.8. The predicted molar refractivity (Wildman–Crippen MR) is 109 cm³/mol. The molecule has 1 atom stereocenters. The summed E-state index contributed by atoms with van der Waals surface area (Å²) >= 11 is 0. The quantitative estimate of drug-likeness (QED) is 0.433. The molecule has 4 nitrogen and oxygen atoms in total. The molecule has 0 radical (unpaired) electrons. The van der Waals surface area contributed by atoms with Crippen molar-refractivity contribution in [3.8, 4) is 0 Å². The van der Waals surface area contributed by atoms with Crippen LogP contribution in [-0.2, 0) is 14.8 Å². The summed E-state index contributed by atoms with van der Waals surface area (Å²) in [6, 6.07) is -0.135. The first-order chi connectivity index (χ1) is 13.0. The number of carbonyl (C=O) groups is 1. The number of hydrogen-bond acceptors (Lipinski definition) is 3. The number of hydrogen-bond donors (Lipinski definition) is 1. The molecule has 1 saturated carbocycles. The first-order valence-electron chi connectivity index (χ1n) is 9.85. The Morgan fingerprint density at radius 3 is 2.00 bits per heavy atom. The lowest BCUT2D eigenvalue weighted by Gasteiger charge is -2.26. The van der Waals surface area contributed by atoms with E-state index in [0.29, 0.717) is 12.3 Å². The molecular formula is C20H36F3NO3S. The molecule has 8 heteroatoms. The molecule has 1 aliphatic rings. The van der Waals surface area contributed by atoms with Crippen LogP contribution in [0, 0.1) is 11.8 Å². The Morgan fingerprint density at radius 2 is 1.64 bits per heavy atom. The Bertz CT molecular complexity index is 576. The SMILES string of the molecule is C/C=C(\C=C/C(C)C(F)(F)F)S(=O)(=O)NC1CCC(C)CC1.CC.CCC=O. The number of halogens is 3. The fourth-order valence-corrected chi connectivity index (χ4v) is 3.73. The maximum atomic E-state index is 12.5. The van der Waals surface area contributed by atoms with Gasteiger partial charge in [0, 0.05) is 12.5 Å². The van der Waals surface area contributed by atoms with Crippen LogP contribution in [0.3, 0.4) is 0 Å². The molecule has 0 spiro atoms. The second-order valence-electron chi connectivity index (χ2n) is 6.53. The van der Waals surface area contributed by atoms with E-state index in [4.69, 9.17) is 0 Å². The Balaban J connectivity index is 0. The molecule has 1 rings (SSSR count). The Hall–Kier alpha value is -1.15. The Labute approximate surface area is 168 Å². The third-order valence-electron chi connectivity index (χ3n) is 4.16. The van der Waals surface area contributed by atoms with Gasteiger partial charge in [0.15, 0.2) is 0 Å². The summed E-state index contributed by atoms with van der Waals surface area (Å²) in [5.41, 5.74) is 0. The van der Waals surface area contributed by atoms with Crippen molar-refractivity contribution in [2.75, 3.05) is 0 Å². The standard InChI is InChI=1S/C15H24F3NO2S.C3H6O.C2H6/c1-4-14(10-7-12(3)15(16,17)18)22(20,21)19-13-8-5-11(2)6-9-13;1-2-3-4;1-2/h4,7,10-13,19H,5-6,8-9H2,1-3H3;3H,2H2,1H3;1-2H3/b10-7-,14-4+;;. The number of carbonyl (C=O) groups excluding carboxylic acids is 1. The summed E-state index contributed by atoms with van der Waals surface area (Å²) in [4.78, 5) is 9.05. The van der Waals surface area contributed by atoms with E-state index in [1.807, 2.05) is 20.8 Å². The summed E-state index contributed by atoms with van der Waals surface area (Å²) in [5.74, 6) is -1.09. The van der Waals surface area contributed by atoms with E-state index in [-0.39, 0.29) is 10.9 Å². The zero-order valence-corrected chi connectivity index (χ0v) is 18.7. The van der Waals surface area contributed by atoms with E-state index in [9.17, 15) is 26.4 Å². The van der Waals surface area contributed by atoms with Crippen LogP contribution in [0.4, 0.5) is 13.2 Å². The van der Waals surface area contributed by atoms with Crippen molar-refractivity contribution in [1.82, 2.24) is 4.72 Å². The minimum absolute atomic E-state index is 0.123. The van der Waals surface area contributed by atoms with Gasteiger partial charge in [-0.15, -0.1) is 0 Å². The van der Waals surface area contributed by atoms with Crippen LogP contribution >= 0.6 is 0 Å². The van der Waals surface area contributed by atoms with Crippen LogP contribution < -0.4 is 4.72 Å². The molecule has 0 bridgehead atoms. The van der Waals surface area contributed by atoms with Crippen LogP contribution in [0.15, 0.2) is 23.1 Å². The highest BCUT2D eigenvalue weighted by Crippen LogP contribution is 2.28. The van der Waals surface area contributed by atoms with E-state index < -0.39 is 22.1 Å². The largest absolute Gasteiger partial charge is 0.394 e. The Kier molecular flexibility index (Phi) is 15.3. The molecule has 0 aromatic heterocycles. The van der Waals surface area contributed by atoms with Crippen LogP contribution in [0.25, 0.3) is 0 Å². The van der Waals surface area contributed by atoms with Crippen LogP contribution in [0.5, 0.6) is 0 Å². The molecule has 166 valence electrons. The number of rotatable bonds is 6. The van der Waals surface area contributed by atoms with E-state index in [2.05, 4.69) is 11.6 Å². The molecule has 1 fully saturated rings. The van der Waals surface area contributed by atoms with Crippen LogP contribution in [-0.4, -0.2) is 26.9 Å². The van der Waals surface area contributed by atoms with E-state index >= 15 is 0 Å². The van der Waals surface area contributed by atoms with Crippen molar-refractivity contribution in [3.63, 3.8) is 0 Å². The molecule has 1 aliphatic carbocycles. The minimum atomic E-state index is -4.37. The number of nitrogens with one attached hydrogen (secondary N) is 1. The predicted octanol–water partition coefficient (Wildman–Crippen LogP) is 5.76. The highest BCUT2D eigenvalue weighted by atomic mass is 32.2. The fraction of sp³-hybridized carbons (Fsp3) is 0.750. The third-order valence-corrected chi connectivity index (χ3v) is 5.80. The summed E-state index contributed by atoms with van der Waals surface area (Å²) in [7, 11) is -3.77. The molecule has 1 N–H and O–H groups in total. The van der Waals surface area contributed by atoms with E-state index in [0.717, 1.165) is 51.0 Å². The fourth-order valence-electron chi connectivity index (χ4n) is 2.35. The van der Waals surface area contributed by atoms with Crippen molar-refractivity contribution >= 4 is 16.3 Å². The molecular weight excluding hydrogens is 391 g/mol. The second-order valence-corrected chi connectivity index (χ2v) is 8.25. The highest BCUT2D eigenvalue weighted by Gasteiger charge is 2.34. The monoisotopic (exact) mass is 427 g/mol. The first kappa shape index (κ1) is 29.1. The van der Waals surface area contributed by atoms with Crippen molar-refractivity contribution in [2.24, 2.45) is 11.8 Å². The van der Waals surface area contributed by atoms with Crippen molar-refractivity contribution in [1.29, 1.82) is 0 Å². The third kappa shape index (κ3) is 12.3. The number of aldehydes is 1. The summed E-state index contributed by atoms with van der Waals surface area (Å²) in [6.45, 7) is 10.4. The molecule has 1 unspecified atom stereocenters. The lowest BCUT2D eigenvalue weighted by Crippen LogP contribution is -2.37. The first-order valence-corrected chi connectivity index (χ1v) is 11.3.